The molecule has 0 saturated heterocycles. The van der Waals surface area contributed by atoms with E-state index in [1.54, 1.807) is 18.4 Å². The number of methoxy groups -OCH3 is 1. The van der Waals surface area contributed by atoms with Gasteiger partial charge in [0, 0.05) is 36.8 Å². The van der Waals surface area contributed by atoms with E-state index in [9.17, 15) is 0 Å². The minimum absolute atomic E-state index is 0.727. The van der Waals surface area contributed by atoms with Crippen LogP contribution in [0.5, 0.6) is 0 Å². The Morgan fingerprint density at radius 3 is 2.80 bits per heavy atom. The maximum atomic E-state index is 5.04. The third kappa shape index (κ3) is 3.65. The van der Waals surface area contributed by atoms with Gasteiger partial charge in [0.1, 0.15) is 0 Å². The van der Waals surface area contributed by atoms with E-state index >= 15 is 0 Å². The summed E-state index contributed by atoms with van der Waals surface area (Å²) in [4.78, 5) is 4.50. The molecule has 0 atom stereocenters. The molecule has 0 aliphatic rings. The Labute approximate surface area is 124 Å². The molecule has 0 bridgehead atoms. The smallest absolute Gasteiger partial charge is 0.0898 e. The standard InChI is InChI=1S/C14H22N4OS/c1-10-14(7-15-5-6-19-4)11(2)18(17-10)8-13-9-20-12(3)16-13/h9,15H,5-8H2,1-4H3. The van der Waals surface area contributed by atoms with Crippen molar-refractivity contribution < 1.29 is 4.74 Å². The van der Waals surface area contributed by atoms with Gasteiger partial charge in [-0.2, -0.15) is 5.10 Å². The van der Waals surface area contributed by atoms with Crippen molar-refractivity contribution in [1.82, 2.24) is 20.1 Å². The first-order chi connectivity index (χ1) is 9.61. The predicted molar refractivity (Wildman–Crippen MR) is 81.2 cm³/mol. The highest BCUT2D eigenvalue weighted by Crippen LogP contribution is 2.15. The Morgan fingerprint density at radius 2 is 2.15 bits per heavy atom. The Morgan fingerprint density at radius 1 is 1.35 bits per heavy atom. The fourth-order valence-corrected chi connectivity index (χ4v) is 2.77. The van der Waals surface area contributed by atoms with E-state index in [1.807, 2.05) is 11.6 Å². The summed E-state index contributed by atoms with van der Waals surface area (Å²) >= 11 is 1.68. The zero-order valence-electron chi connectivity index (χ0n) is 12.6. The molecule has 0 spiro atoms. The summed E-state index contributed by atoms with van der Waals surface area (Å²) in [5, 5.41) is 11.2. The fourth-order valence-electron chi connectivity index (χ4n) is 2.17. The molecule has 20 heavy (non-hydrogen) atoms. The lowest BCUT2D eigenvalue weighted by Gasteiger charge is -2.05. The van der Waals surface area contributed by atoms with Gasteiger partial charge in [0.2, 0.25) is 0 Å². The first kappa shape index (κ1) is 15.2. The van der Waals surface area contributed by atoms with Gasteiger partial charge >= 0.3 is 0 Å². The van der Waals surface area contributed by atoms with Gasteiger partial charge in [0.05, 0.1) is 29.5 Å². The topological polar surface area (TPSA) is 52.0 Å². The highest BCUT2D eigenvalue weighted by atomic mass is 32.1. The molecule has 6 heteroatoms. The number of nitrogens with zero attached hydrogens (tertiary/aromatic N) is 3. The Hall–Kier alpha value is -1.24. The number of nitrogens with one attached hydrogen (secondary N) is 1. The van der Waals surface area contributed by atoms with E-state index in [4.69, 9.17) is 4.74 Å². The van der Waals surface area contributed by atoms with E-state index in [1.165, 1.54) is 11.3 Å². The van der Waals surface area contributed by atoms with Gasteiger partial charge in [-0.1, -0.05) is 0 Å². The second kappa shape index (κ2) is 6.97. The number of hydrogen-bond acceptors (Lipinski definition) is 5. The molecule has 2 heterocycles. The molecule has 0 amide bonds. The second-order valence-electron chi connectivity index (χ2n) is 4.83. The number of ether oxygens (including phenoxy) is 1. The quantitative estimate of drug-likeness (QED) is 0.794. The normalized spacial score (nSPS) is 11.2. The molecular formula is C14H22N4OS. The van der Waals surface area contributed by atoms with Gasteiger partial charge in [0.15, 0.2) is 0 Å². The maximum Gasteiger partial charge on any atom is 0.0898 e. The summed E-state index contributed by atoms with van der Waals surface area (Å²) < 4.78 is 7.08. The summed E-state index contributed by atoms with van der Waals surface area (Å²) in [5.41, 5.74) is 4.64. The van der Waals surface area contributed by atoms with Crippen LogP contribution in [-0.2, 0) is 17.8 Å². The SMILES string of the molecule is COCCNCc1c(C)nn(Cc2csc(C)n2)c1C. The third-order valence-corrected chi connectivity index (χ3v) is 4.12. The van der Waals surface area contributed by atoms with Gasteiger partial charge in [-0.25, -0.2) is 4.98 Å². The van der Waals surface area contributed by atoms with Crippen molar-refractivity contribution in [1.29, 1.82) is 0 Å². The third-order valence-electron chi connectivity index (χ3n) is 3.29. The molecule has 2 aromatic heterocycles. The van der Waals surface area contributed by atoms with Crippen molar-refractivity contribution in [2.24, 2.45) is 0 Å². The summed E-state index contributed by atoms with van der Waals surface area (Å²) in [6, 6.07) is 0. The number of thiazole rings is 1. The lowest BCUT2D eigenvalue weighted by Crippen LogP contribution is -2.19. The van der Waals surface area contributed by atoms with Crippen LogP contribution < -0.4 is 5.32 Å². The molecule has 0 aromatic carbocycles. The van der Waals surface area contributed by atoms with Crippen molar-refractivity contribution in [3.8, 4) is 0 Å². The van der Waals surface area contributed by atoms with Gasteiger partial charge in [-0.3, -0.25) is 4.68 Å². The van der Waals surface area contributed by atoms with Crippen LogP contribution >= 0.6 is 11.3 Å². The van der Waals surface area contributed by atoms with Crippen LogP contribution in [0.4, 0.5) is 0 Å². The van der Waals surface area contributed by atoms with Crippen LogP contribution in [0, 0.1) is 20.8 Å². The van der Waals surface area contributed by atoms with Crippen molar-refractivity contribution in [2.45, 2.75) is 33.9 Å². The Bertz CT molecular complexity index is 562. The van der Waals surface area contributed by atoms with E-state index in [0.29, 0.717) is 0 Å². The molecule has 0 aliphatic heterocycles. The molecule has 1 N–H and O–H groups in total. The zero-order valence-corrected chi connectivity index (χ0v) is 13.4. The van der Waals surface area contributed by atoms with E-state index in [-0.39, 0.29) is 0 Å². The minimum Gasteiger partial charge on any atom is -0.383 e. The lowest BCUT2D eigenvalue weighted by molar-refractivity contribution is 0.199. The van der Waals surface area contributed by atoms with Gasteiger partial charge in [-0.15, -0.1) is 11.3 Å². The summed E-state index contributed by atoms with van der Waals surface area (Å²) in [5.74, 6) is 0. The molecule has 0 saturated carbocycles. The fraction of sp³-hybridized carbons (Fsp3) is 0.571. The highest BCUT2D eigenvalue weighted by molar-refractivity contribution is 7.09. The number of hydrogen-bond donors (Lipinski definition) is 1. The van der Waals surface area contributed by atoms with Crippen LogP contribution in [0.2, 0.25) is 0 Å². The van der Waals surface area contributed by atoms with Crippen LogP contribution in [-0.4, -0.2) is 35.0 Å². The maximum absolute atomic E-state index is 5.04. The lowest BCUT2D eigenvalue weighted by atomic mass is 10.2. The van der Waals surface area contributed by atoms with Gasteiger partial charge < -0.3 is 10.1 Å². The first-order valence-corrected chi connectivity index (χ1v) is 7.63. The monoisotopic (exact) mass is 294 g/mol. The van der Waals surface area contributed by atoms with Crippen molar-refractivity contribution in [3.63, 3.8) is 0 Å². The highest BCUT2D eigenvalue weighted by Gasteiger charge is 2.12. The molecule has 0 unspecified atom stereocenters. The summed E-state index contributed by atoms with van der Waals surface area (Å²) in [7, 11) is 1.71. The predicted octanol–water partition coefficient (Wildman–Crippen LogP) is 2.05. The molecule has 110 valence electrons. The van der Waals surface area contributed by atoms with Crippen molar-refractivity contribution >= 4 is 11.3 Å². The molecule has 0 fully saturated rings. The Balaban J connectivity index is 2.04. The molecule has 0 radical (unpaired) electrons. The number of rotatable bonds is 7. The van der Waals surface area contributed by atoms with Crippen molar-refractivity contribution in [2.75, 3.05) is 20.3 Å². The Kier molecular flexibility index (Phi) is 5.28. The molecule has 2 rings (SSSR count). The van der Waals surface area contributed by atoms with Crippen LogP contribution in [0.1, 0.15) is 27.7 Å². The zero-order chi connectivity index (χ0) is 14.5. The van der Waals surface area contributed by atoms with Crippen LogP contribution in [0.3, 0.4) is 0 Å². The van der Waals surface area contributed by atoms with Crippen LogP contribution in [0.15, 0.2) is 5.38 Å². The van der Waals surface area contributed by atoms with E-state index in [0.717, 1.165) is 42.6 Å². The molecule has 5 nitrogen and oxygen atoms in total. The number of aromatic nitrogens is 3. The largest absolute Gasteiger partial charge is 0.383 e. The molecule has 2 aromatic rings. The summed E-state index contributed by atoms with van der Waals surface area (Å²) in [6.07, 6.45) is 0. The first-order valence-electron chi connectivity index (χ1n) is 6.75. The summed E-state index contributed by atoms with van der Waals surface area (Å²) in [6.45, 7) is 9.36. The van der Waals surface area contributed by atoms with Gasteiger partial charge in [-0.05, 0) is 20.8 Å². The van der Waals surface area contributed by atoms with Crippen LogP contribution in [0.25, 0.3) is 0 Å². The van der Waals surface area contributed by atoms with E-state index < -0.39 is 0 Å². The van der Waals surface area contributed by atoms with E-state index in [2.05, 4.69) is 34.6 Å². The molecular weight excluding hydrogens is 272 g/mol. The molecule has 0 aliphatic carbocycles. The second-order valence-corrected chi connectivity index (χ2v) is 5.90. The minimum atomic E-state index is 0.727. The number of aryl methyl sites for hydroxylation is 2. The van der Waals surface area contributed by atoms with Crippen molar-refractivity contribution in [3.05, 3.63) is 33.0 Å². The average molecular weight is 294 g/mol. The van der Waals surface area contributed by atoms with Gasteiger partial charge in [0.25, 0.3) is 0 Å². The average Bonchev–Trinajstić information content (AvgIpc) is 2.93.